The quantitative estimate of drug-likeness (QED) is 0.915. The molecule has 0 spiro atoms. The fraction of sp³-hybridized carbons (Fsp3) is 0.0909. The maximum atomic E-state index is 13.0. The van der Waals surface area contributed by atoms with Crippen molar-refractivity contribution in [2.75, 3.05) is 0 Å². The van der Waals surface area contributed by atoms with Crippen molar-refractivity contribution in [3.8, 4) is 0 Å². The molecule has 1 aromatic heterocycles. The molecule has 2 aromatic rings. The maximum Gasteiger partial charge on any atom is 0.328 e. The summed E-state index contributed by atoms with van der Waals surface area (Å²) in [5.41, 5.74) is -0.746. The number of halogens is 3. The Kier molecular flexibility index (Phi) is 3.42. The van der Waals surface area contributed by atoms with Gasteiger partial charge in [0.1, 0.15) is 0 Å². The Bertz CT molecular complexity index is 709. The number of H-pyrrole nitrogens is 1. The largest absolute Gasteiger partial charge is 0.328 e. The summed E-state index contributed by atoms with van der Waals surface area (Å²) in [5, 5.41) is 0. The van der Waals surface area contributed by atoms with Crippen molar-refractivity contribution in [2.45, 2.75) is 6.54 Å². The van der Waals surface area contributed by atoms with Gasteiger partial charge in [-0.1, -0.05) is 6.07 Å². The molecule has 0 saturated heterocycles. The van der Waals surface area contributed by atoms with E-state index < -0.39 is 22.9 Å². The van der Waals surface area contributed by atoms with Crippen molar-refractivity contribution in [3.63, 3.8) is 0 Å². The third-order valence-electron chi connectivity index (χ3n) is 2.30. The summed E-state index contributed by atoms with van der Waals surface area (Å²) in [5.74, 6) is -1.93. The first kappa shape index (κ1) is 12.7. The Morgan fingerprint density at radius 1 is 1.22 bits per heavy atom. The Balaban J connectivity index is 2.40. The van der Waals surface area contributed by atoms with E-state index in [4.69, 9.17) is 0 Å². The van der Waals surface area contributed by atoms with E-state index in [9.17, 15) is 18.4 Å². The number of hydrogen-bond donors (Lipinski definition) is 1. The van der Waals surface area contributed by atoms with Crippen molar-refractivity contribution in [2.24, 2.45) is 0 Å². The van der Waals surface area contributed by atoms with E-state index in [0.29, 0.717) is 5.56 Å². The molecule has 0 fully saturated rings. The second-order valence-electron chi connectivity index (χ2n) is 3.61. The fourth-order valence-electron chi connectivity index (χ4n) is 1.43. The molecule has 94 valence electrons. The molecule has 7 heteroatoms. The lowest BCUT2D eigenvalue weighted by Crippen LogP contribution is -2.30. The molecule has 18 heavy (non-hydrogen) atoms. The van der Waals surface area contributed by atoms with Gasteiger partial charge >= 0.3 is 5.69 Å². The molecule has 0 saturated carbocycles. The predicted molar refractivity (Wildman–Crippen MR) is 64.5 cm³/mol. The van der Waals surface area contributed by atoms with Crippen LogP contribution in [0.25, 0.3) is 0 Å². The van der Waals surface area contributed by atoms with Crippen LogP contribution in [0.5, 0.6) is 0 Å². The van der Waals surface area contributed by atoms with Crippen LogP contribution in [0.4, 0.5) is 8.78 Å². The van der Waals surface area contributed by atoms with Crippen molar-refractivity contribution >= 4 is 15.9 Å². The first-order valence-electron chi connectivity index (χ1n) is 4.90. The standard InChI is InChI=1S/C11H7BrF2N2O2/c12-7-5-16(11(18)15-10(7)17)4-6-1-2-8(13)9(14)3-6/h1-3,5H,4H2,(H,15,17,18). The zero-order valence-corrected chi connectivity index (χ0v) is 10.5. The highest BCUT2D eigenvalue weighted by atomic mass is 79.9. The van der Waals surface area contributed by atoms with Crippen LogP contribution in [-0.4, -0.2) is 9.55 Å². The first-order chi connectivity index (χ1) is 8.47. The highest BCUT2D eigenvalue weighted by Crippen LogP contribution is 2.09. The minimum absolute atomic E-state index is 0.0331. The smallest absolute Gasteiger partial charge is 0.295 e. The van der Waals surface area contributed by atoms with Crippen LogP contribution in [0.3, 0.4) is 0 Å². The van der Waals surface area contributed by atoms with Crippen molar-refractivity contribution < 1.29 is 8.78 Å². The van der Waals surface area contributed by atoms with Gasteiger partial charge in [-0.25, -0.2) is 13.6 Å². The van der Waals surface area contributed by atoms with Crippen molar-refractivity contribution in [3.05, 3.63) is 66.9 Å². The van der Waals surface area contributed by atoms with E-state index in [2.05, 4.69) is 20.9 Å². The van der Waals surface area contributed by atoms with E-state index >= 15 is 0 Å². The number of rotatable bonds is 2. The molecule has 2 rings (SSSR count). The van der Waals surface area contributed by atoms with E-state index in [-0.39, 0.29) is 11.0 Å². The van der Waals surface area contributed by atoms with Crippen LogP contribution in [0.2, 0.25) is 0 Å². The molecule has 0 unspecified atom stereocenters. The number of aromatic amines is 1. The van der Waals surface area contributed by atoms with Gasteiger partial charge in [0.2, 0.25) is 0 Å². The van der Waals surface area contributed by atoms with Gasteiger partial charge in [-0.2, -0.15) is 0 Å². The van der Waals surface area contributed by atoms with Gasteiger partial charge in [0.15, 0.2) is 11.6 Å². The van der Waals surface area contributed by atoms with Crippen LogP contribution in [0.15, 0.2) is 38.5 Å². The average molecular weight is 317 g/mol. The number of nitrogens with zero attached hydrogens (tertiary/aromatic N) is 1. The van der Waals surface area contributed by atoms with Crippen LogP contribution in [-0.2, 0) is 6.54 Å². The molecule has 0 aliphatic carbocycles. The van der Waals surface area contributed by atoms with Crippen LogP contribution in [0.1, 0.15) is 5.56 Å². The van der Waals surface area contributed by atoms with Gasteiger partial charge in [0.25, 0.3) is 5.56 Å². The lowest BCUT2D eigenvalue weighted by molar-refractivity contribution is 0.506. The first-order valence-corrected chi connectivity index (χ1v) is 5.70. The molecule has 0 radical (unpaired) electrons. The van der Waals surface area contributed by atoms with Gasteiger partial charge in [0, 0.05) is 6.20 Å². The molecule has 1 N–H and O–H groups in total. The third-order valence-corrected chi connectivity index (χ3v) is 2.87. The Hall–Kier alpha value is -1.76. The molecular formula is C11H7BrF2N2O2. The molecular weight excluding hydrogens is 310 g/mol. The van der Waals surface area contributed by atoms with E-state index in [1.54, 1.807) is 0 Å². The lowest BCUT2D eigenvalue weighted by Gasteiger charge is -2.06. The summed E-state index contributed by atoms with van der Waals surface area (Å²) in [4.78, 5) is 24.7. The molecule has 0 bridgehead atoms. The monoisotopic (exact) mass is 316 g/mol. The van der Waals surface area contributed by atoms with Crippen molar-refractivity contribution in [1.82, 2.24) is 9.55 Å². The number of benzene rings is 1. The second-order valence-corrected chi connectivity index (χ2v) is 4.47. The van der Waals surface area contributed by atoms with Crippen molar-refractivity contribution in [1.29, 1.82) is 0 Å². The van der Waals surface area contributed by atoms with E-state index in [0.717, 1.165) is 12.1 Å². The number of nitrogens with one attached hydrogen (secondary N) is 1. The highest BCUT2D eigenvalue weighted by molar-refractivity contribution is 9.10. The third kappa shape index (κ3) is 2.56. The lowest BCUT2D eigenvalue weighted by atomic mass is 10.2. The zero-order chi connectivity index (χ0) is 13.3. The molecule has 4 nitrogen and oxygen atoms in total. The summed E-state index contributed by atoms with van der Waals surface area (Å²) < 4.78 is 27.1. The van der Waals surface area contributed by atoms with Gasteiger partial charge in [-0.3, -0.25) is 14.3 Å². The molecule has 0 aliphatic rings. The zero-order valence-electron chi connectivity index (χ0n) is 8.91. The molecule has 1 aromatic carbocycles. The Labute approximate surface area is 108 Å². The normalized spacial score (nSPS) is 10.6. The molecule has 1 heterocycles. The number of aromatic nitrogens is 2. The number of hydrogen-bond acceptors (Lipinski definition) is 2. The van der Waals surface area contributed by atoms with Gasteiger partial charge in [0.05, 0.1) is 11.0 Å². The summed E-state index contributed by atoms with van der Waals surface area (Å²) in [6, 6.07) is 3.35. The van der Waals surface area contributed by atoms with E-state index in [1.165, 1.54) is 16.8 Å². The van der Waals surface area contributed by atoms with E-state index in [1.807, 2.05) is 0 Å². The summed E-state index contributed by atoms with van der Waals surface area (Å²) in [7, 11) is 0. The predicted octanol–water partition coefficient (Wildman–Crippen LogP) is 1.63. The fourth-order valence-corrected chi connectivity index (χ4v) is 1.78. The minimum Gasteiger partial charge on any atom is -0.295 e. The SMILES string of the molecule is O=c1[nH]c(=O)n(Cc2ccc(F)c(F)c2)cc1Br. The summed E-state index contributed by atoms with van der Waals surface area (Å²) in [6.45, 7) is 0.0331. The van der Waals surface area contributed by atoms with Gasteiger partial charge < -0.3 is 0 Å². The molecule has 0 amide bonds. The maximum absolute atomic E-state index is 13.0. The Morgan fingerprint density at radius 3 is 2.61 bits per heavy atom. The highest BCUT2D eigenvalue weighted by Gasteiger charge is 2.06. The second kappa shape index (κ2) is 4.85. The Morgan fingerprint density at radius 2 is 1.94 bits per heavy atom. The summed E-state index contributed by atoms with van der Waals surface area (Å²) >= 11 is 2.98. The van der Waals surface area contributed by atoms with Crippen LogP contribution < -0.4 is 11.2 Å². The summed E-state index contributed by atoms with van der Waals surface area (Å²) in [6.07, 6.45) is 1.29. The van der Waals surface area contributed by atoms with Gasteiger partial charge in [-0.15, -0.1) is 0 Å². The van der Waals surface area contributed by atoms with Crippen LogP contribution >= 0.6 is 15.9 Å². The minimum atomic E-state index is -0.982. The topological polar surface area (TPSA) is 54.9 Å². The molecule has 0 atom stereocenters. The molecule has 0 aliphatic heterocycles. The van der Waals surface area contributed by atoms with Crippen LogP contribution in [0, 0.1) is 11.6 Å². The van der Waals surface area contributed by atoms with Gasteiger partial charge in [-0.05, 0) is 33.6 Å². The average Bonchev–Trinajstić information content (AvgIpc) is 2.31.